The topological polar surface area (TPSA) is 52.6 Å². The molecule has 0 aromatic heterocycles. The molecule has 0 heterocycles. The molecule has 0 bridgehead atoms. The van der Waals surface area contributed by atoms with Crippen molar-refractivity contribution in [2.75, 3.05) is 13.2 Å². The van der Waals surface area contributed by atoms with E-state index < -0.39 is 0 Å². The summed E-state index contributed by atoms with van der Waals surface area (Å²) in [6.45, 7) is 15.3. The Kier molecular flexibility index (Phi) is 20.7. The van der Waals surface area contributed by atoms with Gasteiger partial charge in [-0.25, -0.2) is 9.59 Å². The number of hydrogen-bond acceptors (Lipinski definition) is 4. The molecule has 0 aliphatic heterocycles. The van der Waals surface area contributed by atoms with Gasteiger partial charge in [0.05, 0.1) is 13.2 Å². The van der Waals surface area contributed by atoms with Gasteiger partial charge in [0.25, 0.3) is 0 Å². The average molecular weight is 403 g/mol. The summed E-state index contributed by atoms with van der Waals surface area (Å²) < 4.78 is 9.61. The number of esters is 2. The summed E-state index contributed by atoms with van der Waals surface area (Å²) in [4.78, 5) is 21.4. The first-order chi connectivity index (χ1) is 9.36. The number of carbonyl (C=O) groups excluding carboxylic acids is 2. The van der Waals surface area contributed by atoms with E-state index in [1.807, 2.05) is 0 Å². The molecule has 0 amide bonds. The van der Waals surface area contributed by atoms with Crippen LogP contribution in [0, 0.1) is 0 Å². The number of rotatable bonds is 8. The van der Waals surface area contributed by atoms with E-state index in [0.29, 0.717) is 24.4 Å². The predicted molar refractivity (Wildman–Crippen MR) is 87.1 cm³/mol. The Morgan fingerprint density at radius 1 is 0.810 bits per heavy atom. The number of hydrogen-bond donors (Lipinski definition) is 0. The molecule has 5 heteroatoms. The summed E-state index contributed by atoms with van der Waals surface area (Å²) in [7, 11) is 0. The fourth-order valence-electron chi connectivity index (χ4n) is 0.865. The second-order valence-electron chi connectivity index (χ2n) is 4.54. The summed E-state index contributed by atoms with van der Waals surface area (Å²) in [5.74, 6) is -0.568. The zero-order valence-corrected chi connectivity index (χ0v) is 16.6. The van der Waals surface area contributed by atoms with Gasteiger partial charge in [0.1, 0.15) is 0 Å². The minimum Gasteiger partial charge on any atom is -0.462 e. The molecule has 0 fully saturated rings. The van der Waals surface area contributed by atoms with Crippen LogP contribution in [-0.4, -0.2) is 49.1 Å². The Morgan fingerprint density at radius 3 is 1.29 bits per heavy atom. The van der Waals surface area contributed by atoms with Crippen LogP contribution < -0.4 is 0 Å². The summed E-state index contributed by atoms with van der Waals surface area (Å²) in [5, 5.41) is 0. The van der Waals surface area contributed by atoms with E-state index in [9.17, 15) is 9.59 Å². The Morgan fingerprint density at radius 2 is 1.10 bits per heavy atom. The Labute approximate surface area is 145 Å². The molecule has 0 spiro atoms. The van der Waals surface area contributed by atoms with Crippen molar-refractivity contribution in [2.45, 2.75) is 53.4 Å². The van der Waals surface area contributed by atoms with Gasteiger partial charge in [-0.05, 0) is 26.7 Å². The molecule has 0 rings (SSSR count). The number of ether oxygens (including phenoxy) is 2. The summed E-state index contributed by atoms with van der Waals surface area (Å²) in [6, 6.07) is 0. The molecule has 0 aliphatic rings. The quantitative estimate of drug-likeness (QED) is 0.270. The van der Waals surface area contributed by atoms with E-state index in [1.165, 1.54) is 0 Å². The third-order valence-corrected chi connectivity index (χ3v) is 2.16. The van der Waals surface area contributed by atoms with Crippen molar-refractivity contribution in [3.8, 4) is 0 Å². The number of carbonyl (C=O) groups is 2. The largest absolute Gasteiger partial charge is 0.462 e. The molecule has 0 saturated heterocycles. The van der Waals surface area contributed by atoms with Crippen molar-refractivity contribution in [1.29, 1.82) is 0 Å². The van der Waals surface area contributed by atoms with Crippen LogP contribution in [0.4, 0.5) is 0 Å². The molecule has 21 heavy (non-hydrogen) atoms. The van der Waals surface area contributed by atoms with E-state index in [0.717, 1.165) is 25.7 Å². The second-order valence-corrected chi connectivity index (χ2v) is 4.54. The van der Waals surface area contributed by atoms with Crippen LogP contribution in [0.5, 0.6) is 0 Å². The summed E-state index contributed by atoms with van der Waals surface area (Å²) in [6.07, 6.45) is 3.95. The normalized spacial score (nSPS) is 8.57. The van der Waals surface area contributed by atoms with Crippen molar-refractivity contribution in [3.05, 3.63) is 24.3 Å². The smallest absolute Gasteiger partial charge is 0.333 e. The summed E-state index contributed by atoms with van der Waals surface area (Å²) >= 11 is 0. The maximum atomic E-state index is 10.7. The molecule has 4 radical (unpaired) electrons. The maximum absolute atomic E-state index is 10.7. The molecule has 0 aromatic carbocycles. The second kappa shape index (κ2) is 17.3. The first-order valence-corrected chi connectivity index (χ1v) is 7.02. The standard InChI is InChI=1S/2C8H14O2.Sn/c2*1-4-5-6-10-8(9)7(2)3;/h2*2,4-6H2,1,3H3;. The Hall–Kier alpha value is -0.781. The molecule has 4 nitrogen and oxygen atoms in total. The van der Waals surface area contributed by atoms with Crippen LogP contribution in [0.1, 0.15) is 53.4 Å². The van der Waals surface area contributed by atoms with Crippen LogP contribution in [0.2, 0.25) is 0 Å². The average Bonchev–Trinajstić information content (AvgIpc) is 2.39. The molecule has 0 saturated carbocycles. The van der Waals surface area contributed by atoms with Gasteiger partial charge in [0.15, 0.2) is 0 Å². The van der Waals surface area contributed by atoms with E-state index in [-0.39, 0.29) is 35.8 Å². The summed E-state index contributed by atoms with van der Waals surface area (Å²) in [5.41, 5.74) is 0.937. The molecule has 0 unspecified atom stereocenters. The molecule has 0 N–H and O–H groups in total. The van der Waals surface area contributed by atoms with Gasteiger partial charge in [-0.15, -0.1) is 0 Å². The van der Waals surface area contributed by atoms with Crippen LogP contribution in [-0.2, 0) is 19.1 Å². The fraction of sp³-hybridized carbons (Fsp3) is 0.625. The van der Waals surface area contributed by atoms with Gasteiger partial charge in [-0.1, -0.05) is 39.8 Å². The zero-order chi connectivity index (χ0) is 16.0. The number of unbranched alkanes of at least 4 members (excludes halogenated alkanes) is 2. The van der Waals surface area contributed by atoms with E-state index in [2.05, 4.69) is 27.0 Å². The van der Waals surface area contributed by atoms with Crippen molar-refractivity contribution in [3.63, 3.8) is 0 Å². The molecule has 0 aliphatic carbocycles. The van der Waals surface area contributed by atoms with Crippen LogP contribution in [0.3, 0.4) is 0 Å². The molecule has 0 atom stereocenters. The third kappa shape index (κ3) is 19.2. The molecular formula is C16H28O4Sn. The third-order valence-electron chi connectivity index (χ3n) is 2.16. The van der Waals surface area contributed by atoms with Gasteiger partial charge in [0, 0.05) is 35.1 Å². The van der Waals surface area contributed by atoms with Gasteiger partial charge in [-0.2, -0.15) is 0 Å². The van der Waals surface area contributed by atoms with Gasteiger partial charge in [0.2, 0.25) is 0 Å². The minimum absolute atomic E-state index is 0. The van der Waals surface area contributed by atoms with Crippen LogP contribution in [0.15, 0.2) is 24.3 Å². The first-order valence-electron chi connectivity index (χ1n) is 7.02. The first kappa shape index (κ1) is 25.2. The van der Waals surface area contributed by atoms with Crippen molar-refractivity contribution >= 4 is 35.8 Å². The maximum Gasteiger partial charge on any atom is 0.333 e. The SMILES string of the molecule is C=C(C)C(=O)OCCCC.C=C(C)C(=O)OCCCC.[Sn]. The van der Waals surface area contributed by atoms with Crippen molar-refractivity contribution in [1.82, 2.24) is 0 Å². The van der Waals surface area contributed by atoms with Crippen LogP contribution >= 0.6 is 0 Å². The molecule has 0 aromatic rings. The Bertz CT molecular complexity index is 292. The van der Waals surface area contributed by atoms with Crippen molar-refractivity contribution < 1.29 is 19.1 Å². The van der Waals surface area contributed by atoms with Gasteiger partial charge in [-0.3, -0.25) is 0 Å². The molecular weight excluding hydrogens is 375 g/mol. The predicted octanol–water partition coefficient (Wildman–Crippen LogP) is 3.43. The van der Waals surface area contributed by atoms with Gasteiger partial charge >= 0.3 is 11.9 Å². The zero-order valence-electron chi connectivity index (χ0n) is 13.8. The fourth-order valence-corrected chi connectivity index (χ4v) is 0.865. The van der Waals surface area contributed by atoms with Crippen molar-refractivity contribution in [2.24, 2.45) is 0 Å². The molecule has 120 valence electrons. The van der Waals surface area contributed by atoms with E-state index in [1.54, 1.807) is 13.8 Å². The Balaban J connectivity index is -0.000000295. The van der Waals surface area contributed by atoms with Gasteiger partial charge < -0.3 is 9.47 Å². The monoisotopic (exact) mass is 404 g/mol. The van der Waals surface area contributed by atoms with Crippen LogP contribution in [0.25, 0.3) is 0 Å². The van der Waals surface area contributed by atoms with E-state index in [4.69, 9.17) is 9.47 Å². The van der Waals surface area contributed by atoms with E-state index >= 15 is 0 Å². The minimum atomic E-state index is -0.284.